The second-order valence-corrected chi connectivity index (χ2v) is 5.89. The summed E-state index contributed by atoms with van der Waals surface area (Å²) in [6.45, 7) is 5.41. The average molecular weight is 283 g/mol. The van der Waals surface area contributed by atoms with E-state index in [1.165, 1.54) is 0 Å². The first-order valence-electron chi connectivity index (χ1n) is 6.60. The first-order valence-corrected chi connectivity index (χ1v) is 7.89. The highest BCUT2D eigenvalue weighted by atomic mass is 32.2. The van der Waals surface area contributed by atoms with E-state index in [2.05, 4.69) is 25.4 Å². The second-order valence-electron chi connectivity index (χ2n) is 4.62. The number of hydrogen-bond acceptors (Lipinski definition) is 4. The van der Waals surface area contributed by atoms with Gasteiger partial charge in [0.2, 0.25) is 0 Å². The van der Waals surface area contributed by atoms with Gasteiger partial charge in [-0.2, -0.15) is 11.8 Å². The van der Waals surface area contributed by atoms with Crippen molar-refractivity contribution >= 4 is 11.8 Å². The maximum Gasteiger partial charge on any atom is 0.123 e. The Morgan fingerprint density at radius 1 is 1.21 bits per heavy atom. The Morgan fingerprint density at radius 2 is 1.95 bits per heavy atom. The molecule has 2 atom stereocenters. The molecule has 0 aliphatic carbocycles. The van der Waals surface area contributed by atoms with Gasteiger partial charge in [0.15, 0.2) is 0 Å². The monoisotopic (exact) mass is 283 g/mol. The molecule has 0 spiro atoms. The van der Waals surface area contributed by atoms with Crippen molar-refractivity contribution in [1.82, 2.24) is 5.32 Å². The van der Waals surface area contributed by atoms with E-state index in [-0.39, 0.29) is 6.04 Å². The highest BCUT2D eigenvalue weighted by Crippen LogP contribution is 2.29. The van der Waals surface area contributed by atoms with Gasteiger partial charge in [0.1, 0.15) is 11.5 Å². The Labute approximate surface area is 121 Å². The van der Waals surface area contributed by atoms with Crippen molar-refractivity contribution in [2.45, 2.75) is 31.6 Å². The fraction of sp³-hybridized carbons (Fsp3) is 0.600. The van der Waals surface area contributed by atoms with E-state index >= 15 is 0 Å². The highest BCUT2D eigenvalue weighted by molar-refractivity contribution is 7.99. The predicted molar refractivity (Wildman–Crippen MR) is 83.6 cm³/mol. The third-order valence-electron chi connectivity index (χ3n) is 3.31. The molecule has 0 radical (unpaired) electrons. The molecule has 19 heavy (non-hydrogen) atoms. The molecular formula is C15H25NO2S. The van der Waals surface area contributed by atoms with Gasteiger partial charge in [0, 0.05) is 16.9 Å². The van der Waals surface area contributed by atoms with Crippen LogP contribution in [0.2, 0.25) is 0 Å². The summed E-state index contributed by atoms with van der Waals surface area (Å²) in [5, 5.41) is 4.23. The van der Waals surface area contributed by atoms with Crippen LogP contribution in [0.5, 0.6) is 11.5 Å². The molecule has 0 aliphatic rings. The molecule has 0 heterocycles. The minimum absolute atomic E-state index is 0.249. The Hall–Kier alpha value is -0.870. The maximum atomic E-state index is 5.41. The molecule has 108 valence electrons. The molecule has 0 aliphatic heterocycles. The Balaban J connectivity index is 2.66. The quantitative estimate of drug-likeness (QED) is 0.791. The Kier molecular flexibility index (Phi) is 7.10. The van der Waals surface area contributed by atoms with Gasteiger partial charge in [-0.25, -0.2) is 0 Å². The van der Waals surface area contributed by atoms with Gasteiger partial charge in [-0.3, -0.25) is 0 Å². The van der Waals surface area contributed by atoms with E-state index in [9.17, 15) is 0 Å². The van der Waals surface area contributed by atoms with E-state index in [4.69, 9.17) is 9.47 Å². The molecule has 2 unspecified atom stereocenters. The lowest BCUT2D eigenvalue weighted by molar-refractivity contribution is 0.391. The standard InChI is InChI=1S/C15H25NO2S/c1-11(19-5)8-9-16-12(2)14-10-13(17-3)6-7-15(14)18-4/h6-7,10-12,16H,8-9H2,1-5H3. The molecule has 1 aromatic carbocycles. The zero-order chi connectivity index (χ0) is 14.3. The van der Waals surface area contributed by atoms with Crippen molar-refractivity contribution < 1.29 is 9.47 Å². The summed E-state index contributed by atoms with van der Waals surface area (Å²) in [6.07, 6.45) is 3.32. The van der Waals surface area contributed by atoms with Crippen molar-refractivity contribution in [2.24, 2.45) is 0 Å². The number of hydrogen-bond donors (Lipinski definition) is 1. The van der Waals surface area contributed by atoms with Crippen LogP contribution < -0.4 is 14.8 Å². The summed E-state index contributed by atoms with van der Waals surface area (Å²) in [4.78, 5) is 0. The lowest BCUT2D eigenvalue weighted by atomic mass is 10.1. The normalized spacial score (nSPS) is 13.9. The van der Waals surface area contributed by atoms with Crippen LogP contribution in [0.4, 0.5) is 0 Å². The van der Waals surface area contributed by atoms with Crippen LogP contribution in [-0.4, -0.2) is 32.3 Å². The summed E-state index contributed by atoms with van der Waals surface area (Å²) in [5.74, 6) is 1.76. The zero-order valence-corrected chi connectivity index (χ0v) is 13.3. The van der Waals surface area contributed by atoms with E-state index in [0.717, 1.165) is 30.0 Å². The minimum atomic E-state index is 0.249. The molecule has 1 aromatic rings. The van der Waals surface area contributed by atoms with Crippen molar-refractivity contribution in [2.75, 3.05) is 27.0 Å². The van der Waals surface area contributed by atoms with Gasteiger partial charge in [-0.1, -0.05) is 6.92 Å². The van der Waals surface area contributed by atoms with Gasteiger partial charge in [-0.15, -0.1) is 0 Å². The number of benzene rings is 1. The van der Waals surface area contributed by atoms with Gasteiger partial charge < -0.3 is 14.8 Å². The molecule has 0 aromatic heterocycles. The summed E-state index contributed by atoms with van der Waals surface area (Å²) >= 11 is 1.90. The van der Waals surface area contributed by atoms with Crippen LogP contribution in [0.1, 0.15) is 31.9 Å². The Morgan fingerprint density at radius 3 is 2.53 bits per heavy atom. The van der Waals surface area contributed by atoms with E-state index < -0.39 is 0 Å². The average Bonchev–Trinajstić information content (AvgIpc) is 2.45. The van der Waals surface area contributed by atoms with Gasteiger partial charge >= 0.3 is 0 Å². The summed E-state index contributed by atoms with van der Waals surface area (Å²) in [7, 11) is 3.39. The minimum Gasteiger partial charge on any atom is -0.497 e. The summed E-state index contributed by atoms with van der Waals surface area (Å²) in [5.41, 5.74) is 1.14. The lowest BCUT2D eigenvalue weighted by Gasteiger charge is -2.19. The van der Waals surface area contributed by atoms with Gasteiger partial charge in [0.05, 0.1) is 14.2 Å². The molecule has 1 rings (SSSR count). The third-order valence-corrected chi connectivity index (χ3v) is 4.35. The number of thioether (sulfide) groups is 1. The molecule has 4 heteroatoms. The second kappa shape index (κ2) is 8.33. The lowest BCUT2D eigenvalue weighted by Crippen LogP contribution is -2.22. The maximum absolute atomic E-state index is 5.41. The molecule has 0 saturated carbocycles. The van der Waals surface area contributed by atoms with Gasteiger partial charge in [0.25, 0.3) is 0 Å². The fourth-order valence-corrected chi connectivity index (χ4v) is 2.26. The fourth-order valence-electron chi connectivity index (χ4n) is 1.91. The molecule has 0 fully saturated rings. The van der Waals surface area contributed by atoms with Gasteiger partial charge in [-0.05, 0) is 44.3 Å². The molecule has 0 amide bonds. The molecule has 3 nitrogen and oxygen atoms in total. The molecule has 0 saturated heterocycles. The van der Waals surface area contributed by atoms with Crippen LogP contribution in [0.25, 0.3) is 0 Å². The number of ether oxygens (including phenoxy) is 2. The van der Waals surface area contributed by atoms with Crippen LogP contribution >= 0.6 is 11.8 Å². The molecule has 0 bridgehead atoms. The summed E-state index contributed by atoms with van der Waals surface area (Å²) in [6, 6.07) is 6.16. The van der Waals surface area contributed by atoms with E-state index in [0.29, 0.717) is 5.25 Å². The van der Waals surface area contributed by atoms with Crippen molar-refractivity contribution in [1.29, 1.82) is 0 Å². The largest absolute Gasteiger partial charge is 0.497 e. The van der Waals surface area contributed by atoms with Crippen molar-refractivity contribution in [3.8, 4) is 11.5 Å². The van der Waals surface area contributed by atoms with E-state index in [1.54, 1.807) is 14.2 Å². The number of rotatable bonds is 8. The third kappa shape index (κ3) is 4.96. The van der Waals surface area contributed by atoms with Crippen molar-refractivity contribution in [3.05, 3.63) is 23.8 Å². The number of nitrogens with one attached hydrogen (secondary N) is 1. The first kappa shape index (κ1) is 16.2. The van der Waals surface area contributed by atoms with Crippen molar-refractivity contribution in [3.63, 3.8) is 0 Å². The van der Waals surface area contributed by atoms with Crippen LogP contribution in [-0.2, 0) is 0 Å². The highest BCUT2D eigenvalue weighted by Gasteiger charge is 2.12. The number of methoxy groups -OCH3 is 2. The smallest absolute Gasteiger partial charge is 0.123 e. The van der Waals surface area contributed by atoms with Crippen LogP contribution in [0, 0.1) is 0 Å². The first-order chi connectivity index (χ1) is 9.12. The molecular weight excluding hydrogens is 258 g/mol. The SMILES string of the molecule is COc1ccc(OC)c(C(C)NCCC(C)SC)c1. The zero-order valence-electron chi connectivity index (χ0n) is 12.5. The topological polar surface area (TPSA) is 30.5 Å². The molecule has 1 N–H and O–H groups in total. The van der Waals surface area contributed by atoms with Crippen LogP contribution in [0.15, 0.2) is 18.2 Å². The Bertz CT molecular complexity index is 384. The predicted octanol–water partition coefficient (Wildman–Crippen LogP) is 3.50. The van der Waals surface area contributed by atoms with Crippen LogP contribution in [0.3, 0.4) is 0 Å². The summed E-state index contributed by atoms with van der Waals surface area (Å²) < 4.78 is 10.7. The van der Waals surface area contributed by atoms with E-state index in [1.807, 2.05) is 30.0 Å².